The van der Waals surface area contributed by atoms with Gasteiger partial charge in [-0.15, -0.1) is 11.8 Å². The van der Waals surface area contributed by atoms with Crippen LogP contribution in [0.1, 0.15) is 0 Å². The Morgan fingerprint density at radius 1 is 2.00 bits per heavy atom. The van der Waals surface area contributed by atoms with E-state index in [2.05, 4.69) is 10.7 Å². The zero-order valence-electron chi connectivity index (χ0n) is 3.56. The Morgan fingerprint density at radius 2 is 2.86 bits per heavy atom. The summed E-state index contributed by atoms with van der Waals surface area (Å²) >= 11 is 1.49. The standard InChI is InChI=1S/C4H3N2S/c5-1-4-2-7-3-6-4/h6H,3H2. The number of hydrogen-bond acceptors (Lipinski definition) is 3. The van der Waals surface area contributed by atoms with Crippen LogP contribution >= 0.6 is 11.8 Å². The van der Waals surface area contributed by atoms with Crippen molar-refractivity contribution in [3.63, 3.8) is 0 Å². The maximum absolute atomic E-state index is 8.14. The molecule has 0 aromatic heterocycles. The van der Waals surface area contributed by atoms with E-state index in [1.54, 1.807) is 0 Å². The minimum atomic E-state index is 0.560. The molecule has 0 aliphatic carbocycles. The topological polar surface area (TPSA) is 35.8 Å². The fourth-order valence-electron chi connectivity index (χ4n) is 0.315. The highest BCUT2D eigenvalue weighted by Crippen LogP contribution is 2.08. The van der Waals surface area contributed by atoms with Crippen LogP contribution in [0.3, 0.4) is 0 Å². The van der Waals surface area contributed by atoms with Crippen molar-refractivity contribution >= 4 is 11.8 Å². The summed E-state index contributed by atoms with van der Waals surface area (Å²) in [6, 6.07) is 1.94. The van der Waals surface area contributed by atoms with E-state index in [0.29, 0.717) is 5.70 Å². The lowest BCUT2D eigenvalue weighted by atomic mass is 10.6. The summed E-state index contributed by atoms with van der Waals surface area (Å²) in [5.74, 6) is 0.795. The zero-order valence-corrected chi connectivity index (χ0v) is 4.38. The third-order valence-electron chi connectivity index (χ3n) is 0.607. The van der Waals surface area contributed by atoms with Crippen LogP contribution in [-0.4, -0.2) is 5.88 Å². The summed E-state index contributed by atoms with van der Waals surface area (Å²) < 4.78 is 0. The van der Waals surface area contributed by atoms with Crippen molar-refractivity contribution in [2.75, 3.05) is 5.88 Å². The highest BCUT2D eigenvalue weighted by molar-refractivity contribution is 8.01. The molecule has 0 saturated heterocycles. The smallest absolute Gasteiger partial charge is 0.129 e. The van der Waals surface area contributed by atoms with Crippen LogP contribution in [0.4, 0.5) is 0 Å². The Labute approximate surface area is 46.2 Å². The Morgan fingerprint density at radius 3 is 3.14 bits per heavy atom. The average Bonchev–Trinajstić information content (AvgIpc) is 2.14. The summed E-state index contributed by atoms with van der Waals surface area (Å²) in [4.78, 5) is 0. The fourth-order valence-corrected chi connectivity index (χ4v) is 0.866. The van der Waals surface area contributed by atoms with Gasteiger partial charge in [0.1, 0.15) is 11.8 Å². The molecule has 1 heterocycles. The van der Waals surface area contributed by atoms with Gasteiger partial charge in [-0.3, -0.25) is 0 Å². The summed E-state index contributed by atoms with van der Waals surface area (Å²) in [7, 11) is 0. The van der Waals surface area contributed by atoms with E-state index < -0.39 is 0 Å². The van der Waals surface area contributed by atoms with Crippen LogP contribution in [0.15, 0.2) is 5.70 Å². The molecular weight excluding hydrogens is 108 g/mol. The molecule has 0 aromatic carbocycles. The first-order chi connectivity index (χ1) is 3.43. The van der Waals surface area contributed by atoms with Crippen LogP contribution in [0.2, 0.25) is 0 Å². The normalized spacial score (nSPS) is 17.3. The van der Waals surface area contributed by atoms with Crippen molar-refractivity contribution in [3.8, 4) is 6.07 Å². The SMILES string of the molecule is N#CC1=[C]SCN1. The number of thioether (sulfide) groups is 1. The van der Waals surface area contributed by atoms with Crippen LogP contribution in [0.5, 0.6) is 0 Å². The molecule has 3 heteroatoms. The van der Waals surface area contributed by atoms with Crippen molar-refractivity contribution in [2.24, 2.45) is 0 Å². The largest absolute Gasteiger partial charge is 0.366 e. The minimum Gasteiger partial charge on any atom is -0.366 e. The molecule has 0 fully saturated rings. The van der Waals surface area contributed by atoms with Gasteiger partial charge in [0.05, 0.1) is 11.3 Å². The molecule has 0 unspecified atom stereocenters. The van der Waals surface area contributed by atoms with Crippen LogP contribution in [0, 0.1) is 16.7 Å². The third kappa shape index (κ3) is 0.875. The van der Waals surface area contributed by atoms with Gasteiger partial charge in [-0.25, -0.2) is 0 Å². The van der Waals surface area contributed by atoms with Crippen molar-refractivity contribution in [2.45, 2.75) is 0 Å². The summed E-state index contributed by atoms with van der Waals surface area (Å²) in [6.45, 7) is 0. The molecule has 0 amide bonds. The second-order valence-electron chi connectivity index (χ2n) is 1.05. The first-order valence-electron chi connectivity index (χ1n) is 1.82. The first kappa shape index (κ1) is 4.54. The Balaban J connectivity index is 2.57. The predicted octanol–water partition coefficient (Wildman–Crippen LogP) is 0.448. The second-order valence-corrected chi connectivity index (χ2v) is 1.84. The molecule has 0 aromatic rings. The van der Waals surface area contributed by atoms with E-state index in [1.165, 1.54) is 11.8 Å². The zero-order chi connectivity index (χ0) is 5.11. The van der Waals surface area contributed by atoms with Crippen LogP contribution in [0.25, 0.3) is 0 Å². The van der Waals surface area contributed by atoms with Gasteiger partial charge in [0.15, 0.2) is 0 Å². The summed E-state index contributed by atoms with van der Waals surface area (Å²) in [5, 5.41) is 13.7. The van der Waals surface area contributed by atoms with Crippen molar-refractivity contribution in [3.05, 3.63) is 11.1 Å². The van der Waals surface area contributed by atoms with Crippen molar-refractivity contribution in [1.82, 2.24) is 5.32 Å². The van der Waals surface area contributed by atoms with E-state index in [1.807, 2.05) is 6.07 Å². The highest BCUT2D eigenvalue weighted by atomic mass is 32.2. The lowest BCUT2D eigenvalue weighted by Crippen LogP contribution is -2.03. The molecule has 0 atom stereocenters. The van der Waals surface area contributed by atoms with Gasteiger partial charge < -0.3 is 5.32 Å². The van der Waals surface area contributed by atoms with Gasteiger partial charge in [-0.05, 0) is 0 Å². The maximum atomic E-state index is 8.14. The number of allylic oxidation sites excluding steroid dienone is 1. The third-order valence-corrected chi connectivity index (χ3v) is 1.24. The van der Waals surface area contributed by atoms with Gasteiger partial charge in [-0.1, -0.05) is 0 Å². The number of hydrogen-bond donors (Lipinski definition) is 1. The van der Waals surface area contributed by atoms with Crippen molar-refractivity contribution in [1.29, 1.82) is 5.26 Å². The van der Waals surface area contributed by atoms with Gasteiger partial charge >= 0.3 is 0 Å². The van der Waals surface area contributed by atoms with E-state index in [-0.39, 0.29) is 0 Å². The van der Waals surface area contributed by atoms with E-state index in [9.17, 15) is 0 Å². The van der Waals surface area contributed by atoms with Gasteiger partial charge in [0.25, 0.3) is 0 Å². The molecule has 0 spiro atoms. The fraction of sp³-hybridized carbons (Fsp3) is 0.250. The highest BCUT2D eigenvalue weighted by Gasteiger charge is 1.99. The first-order valence-corrected chi connectivity index (χ1v) is 2.81. The molecule has 1 N–H and O–H groups in total. The summed E-state index contributed by atoms with van der Waals surface area (Å²) in [6.07, 6.45) is 0. The predicted molar refractivity (Wildman–Crippen MR) is 28.0 cm³/mol. The average molecular weight is 111 g/mol. The quantitative estimate of drug-likeness (QED) is 0.493. The minimum absolute atomic E-state index is 0.560. The molecule has 1 radical (unpaired) electrons. The molecule has 2 nitrogen and oxygen atoms in total. The Hall–Kier alpha value is -0.620. The van der Waals surface area contributed by atoms with Crippen molar-refractivity contribution < 1.29 is 0 Å². The second kappa shape index (κ2) is 1.90. The molecule has 1 aliphatic rings. The number of nitrogens with one attached hydrogen (secondary N) is 1. The van der Waals surface area contributed by atoms with E-state index in [0.717, 1.165) is 5.88 Å². The van der Waals surface area contributed by atoms with Crippen LogP contribution in [-0.2, 0) is 0 Å². The van der Waals surface area contributed by atoms with Gasteiger partial charge in [0.2, 0.25) is 0 Å². The molecule has 0 bridgehead atoms. The molecule has 1 aliphatic heterocycles. The maximum Gasteiger partial charge on any atom is 0.129 e. The molecule has 0 saturated carbocycles. The molecule has 1 rings (SSSR count). The van der Waals surface area contributed by atoms with E-state index in [4.69, 9.17) is 5.26 Å². The van der Waals surface area contributed by atoms with Gasteiger partial charge in [-0.2, -0.15) is 5.26 Å². The lowest BCUT2D eigenvalue weighted by Gasteiger charge is -1.84. The van der Waals surface area contributed by atoms with E-state index >= 15 is 0 Å². The number of nitrogens with zero attached hydrogens (tertiary/aromatic N) is 1. The molecular formula is C4H3N2S. The Kier molecular flexibility index (Phi) is 1.23. The monoisotopic (exact) mass is 111 g/mol. The molecule has 7 heavy (non-hydrogen) atoms. The van der Waals surface area contributed by atoms with Gasteiger partial charge in [0, 0.05) is 0 Å². The number of rotatable bonds is 0. The van der Waals surface area contributed by atoms with Crippen LogP contribution < -0.4 is 5.32 Å². The molecule has 35 valence electrons. The Bertz CT molecular complexity index is 133. The summed E-state index contributed by atoms with van der Waals surface area (Å²) in [5.41, 5.74) is 0.560. The lowest BCUT2D eigenvalue weighted by molar-refractivity contribution is 1.02. The number of nitriles is 1.